The van der Waals surface area contributed by atoms with Crippen molar-refractivity contribution in [1.29, 1.82) is 0 Å². The number of halogens is 4. The first-order valence-corrected chi connectivity index (χ1v) is 10.7. The molecule has 0 radical (unpaired) electrons. The van der Waals surface area contributed by atoms with Crippen LogP contribution in [0.1, 0.15) is 24.0 Å². The van der Waals surface area contributed by atoms with E-state index in [1.807, 2.05) is 41.3 Å². The summed E-state index contributed by atoms with van der Waals surface area (Å²) in [6.45, 7) is 3.91. The van der Waals surface area contributed by atoms with Crippen molar-refractivity contribution in [3.8, 4) is 5.75 Å². The van der Waals surface area contributed by atoms with Crippen molar-refractivity contribution in [3.05, 3.63) is 65.5 Å². The lowest BCUT2D eigenvalue weighted by Crippen LogP contribution is -2.36. The fraction of sp³-hybridized carbons (Fsp3) is 0.417. The van der Waals surface area contributed by atoms with Gasteiger partial charge >= 0.3 is 12.1 Å². The second kappa shape index (κ2) is 10.4. The molecule has 2 heterocycles. The summed E-state index contributed by atoms with van der Waals surface area (Å²) in [5, 5.41) is 7.12. The number of carboxylic acid groups (broad SMARTS) is 1. The average molecular weight is 482 g/mol. The molecule has 2 aliphatic heterocycles. The molecule has 1 unspecified atom stereocenters. The van der Waals surface area contributed by atoms with Crippen LogP contribution in [0, 0.1) is 11.2 Å². The van der Waals surface area contributed by atoms with Crippen LogP contribution in [0.15, 0.2) is 48.5 Å². The number of methoxy groups -OCH3 is 1. The van der Waals surface area contributed by atoms with Crippen molar-refractivity contribution in [2.75, 3.05) is 26.7 Å². The molecule has 34 heavy (non-hydrogen) atoms. The van der Waals surface area contributed by atoms with Crippen LogP contribution in [0.25, 0.3) is 0 Å². The third-order valence-corrected chi connectivity index (χ3v) is 6.10. The van der Waals surface area contributed by atoms with Gasteiger partial charge in [-0.25, -0.2) is 9.18 Å². The maximum absolute atomic E-state index is 13.1. The normalized spacial score (nSPS) is 20.4. The first kappa shape index (κ1) is 25.5. The monoisotopic (exact) mass is 482 g/mol. The molecule has 2 saturated heterocycles. The van der Waals surface area contributed by atoms with Gasteiger partial charge in [0.25, 0.3) is 0 Å². The second-order valence-corrected chi connectivity index (χ2v) is 8.50. The fourth-order valence-electron chi connectivity index (χ4n) is 4.35. The van der Waals surface area contributed by atoms with Crippen molar-refractivity contribution in [2.24, 2.45) is 5.41 Å². The predicted molar refractivity (Wildman–Crippen MR) is 115 cm³/mol. The number of benzene rings is 2. The molecule has 184 valence electrons. The maximum atomic E-state index is 13.1. The van der Waals surface area contributed by atoms with E-state index in [9.17, 15) is 22.4 Å². The Labute approximate surface area is 194 Å². The number of hydrogen-bond donors (Lipinski definition) is 1. The summed E-state index contributed by atoms with van der Waals surface area (Å²) in [6, 6.07) is 14.6. The van der Waals surface area contributed by atoms with Gasteiger partial charge in [0.15, 0.2) is 0 Å². The molecule has 1 N–H and O–H groups in total. The van der Waals surface area contributed by atoms with Gasteiger partial charge in [0, 0.05) is 26.2 Å². The molecule has 6 nitrogen and oxygen atoms in total. The number of carboxylic acids is 1. The zero-order valence-electron chi connectivity index (χ0n) is 18.6. The van der Waals surface area contributed by atoms with E-state index in [1.165, 1.54) is 12.1 Å². The van der Waals surface area contributed by atoms with E-state index in [0.717, 1.165) is 55.9 Å². The number of hydrogen-bond acceptors (Lipinski definition) is 4. The zero-order chi connectivity index (χ0) is 24.9. The summed E-state index contributed by atoms with van der Waals surface area (Å²) in [5.74, 6) is -1.88. The Morgan fingerprint density at radius 2 is 1.71 bits per heavy atom. The molecule has 0 saturated carbocycles. The molecule has 0 aromatic heterocycles. The van der Waals surface area contributed by atoms with E-state index < -0.39 is 12.1 Å². The molecule has 2 aromatic carbocycles. The SMILES string of the molecule is COc1cccc(CN2CCC3(CCN(Cc4ccc(F)cc4)C3)C2=O)c1.O=C(O)C(F)(F)F. The number of nitrogens with zero attached hydrogens (tertiary/aromatic N) is 2. The van der Waals surface area contributed by atoms with E-state index in [2.05, 4.69) is 4.90 Å². The molecule has 1 spiro atoms. The number of carbonyl (C=O) groups excluding carboxylic acids is 1. The Morgan fingerprint density at radius 3 is 2.32 bits per heavy atom. The van der Waals surface area contributed by atoms with Gasteiger partial charge in [0.2, 0.25) is 5.91 Å². The quantitative estimate of drug-likeness (QED) is 0.651. The van der Waals surface area contributed by atoms with Crippen LogP contribution < -0.4 is 4.74 Å². The molecule has 2 fully saturated rings. The van der Waals surface area contributed by atoms with Crippen molar-refractivity contribution < 1.29 is 37.0 Å². The number of ether oxygens (including phenoxy) is 1. The van der Waals surface area contributed by atoms with Crippen LogP contribution in [0.2, 0.25) is 0 Å². The van der Waals surface area contributed by atoms with E-state index in [-0.39, 0.29) is 17.1 Å². The summed E-state index contributed by atoms with van der Waals surface area (Å²) >= 11 is 0. The Hall–Kier alpha value is -3.14. The third kappa shape index (κ3) is 6.25. The lowest BCUT2D eigenvalue weighted by Gasteiger charge is -2.24. The maximum Gasteiger partial charge on any atom is 0.490 e. The topological polar surface area (TPSA) is 70.1 Å². The number of amides is 1. The smallest absolute Gasteiger partial charge is 0.490 e. The number of aliphatic carboxylic acids is 1. The minimum absolute atomic E-state index is 0.212. The third-order valence-electron chi connectivity index (χ3n) is 6.10. The Bertz CT molecular complexity index is 1010. The molecule has 0 aliphatic carbocycles. The highest BCUT2D eigenvalue weighted by molar-refractivity contribution is 5.85. The van der Waals surface area contributed by atoms with Crippen molar-refractivity contribution in [3.63, 3.8) is 0 Å². The van der Waals surface area contributed by atoms with Crippen LogP contribution in [0.4, 0.5) is 17.6 Å². The fourth-order valence-corrected chi connectivity index (χ4v) is 4.35. The predicted octanol–water partition coefficient (Wildman–Crippen LogP) is 4.09. The second-order valence-electron chi connectivity index (χ2n) is 8.50. The first-order valence-electron chi connectivity index (χ1n) is 10.7. The minimum atomic E-state index is -5.08. The Balaban J connectivity index is 0.000000406. The van der Waals surface area contributed by atoms with Gasteiger partial charge in [-0.3, -0.25) is 9.69 Å². The highest BCUT2D eigenvalue weighted by Crippen LogP contribution is 2.41. The lowest BCUT2D eigenvalue weighted by molar-refractivity contribution is -0.192. The van der Waals surface area contributed by atoms with Crippen molar-refractivity contribution in [2.45, 2.75) is 32.1 Å². The van der Waals surface area contributed by atoms with Crippen LogP contribution >= 0.6 is 0 Å². The molecular formula is C24H26F4N2O4. The van der Waals surface area contributed by atoms with Crippen LogP contribution in [0.3, 0.4) is 0 Å². The van der Waals surface area contributed by atoms with Gasteiger partial charge in [-0.1, -0.05) is 24.3 Å². The molecule has 1 atom stereocenters. The standard InChI is InChI=1S/C22H25FN2O2.C2HF3O2/c1-27-20-4-2-3-18(13-20)15-25-12-10-22(21(25)26)9-11-24(16-22)14-17-5-7-19(23)8-6-17;3-2(4,5)1(6)7/h2-8,13H,9-12,14-16H2,1H3;(H,6,7). The average Bonchev–Trinajstić information content (AvgIpc) is 3.34. The van der Waals surface area contributed by atoms with Crippen molar-refractivity contribution >= 4 is 11.9 Å². The summed E-state index contributed by atoms with van der Waals surface area (Å²) in [6.07, 6.45) is -3.27. The lowest BCUT2D eigenvalue weighted by atomic mass is 9.85. The number of carbonyl (C=O) groups is 2. The molecule has 1 amide bonds. The minimum Gasteiger partial charge on any atom is -0.497 e. The zero-order valence-corrected chi connectivity index (χ0v) is 18.6. The summed E-state index contributed by atoms with van der Waals surface area (Å²) in [7, 11) is 1.66. The molecule has 2 aliphatic rings. The van der Waals surface area contributed by atoms with Gasteiger partial charge in [-0.05, 0) is 54.8 Å². The summed E-state index contributed by atoms with van der Waals surface area (Å²) in [5.41, 5.74) is 1.94. The van der Waals surface area contributed by atoms with Crippen molar-refractivity contribution in [1.82, 2.24) is 9.80 Å². The Morgan fingerprint density at radius 1 is 1.06 bits per heavy atom. The van der Waals surface area contributed by atoms with Gasteiger partial charge in [0.05, 0.1) is 12.5 Å². The number of likely N-dealkylation sites (tertiary alicyclic amines) is 2. The van der Waals surface area contributed by atoms with E-state index in [1.54, 1.807) is 7.11 Å². The van der Waals surface area contributed by atoms with Crippen LogP contribution in [-0.2, 0) is 22.7 Å². The van der Waals surface area contributed by atoms with Crippen LogP contribution in [-0.4, -0.2) is 59.7 Å². The largest absolute Gasteiger partial charge is 0.497 e. The van der Waals surface area contributed by atoms with E-state index in [0.29, 0.717) is 6.54 Å². The molecule has 4 rings (SSSR count). The Kier molecular flexibility index (Phi) is 7.81. The first-order chi connectivity index (χ1) is 16.0. The van der Waals surface area contributed by atoms with E-state index >= 15 is 0 Å². The summed E-state index contributed by atoms with van der Waals surface area (Å²) in [4.78, 5) is 26.3. The van der Waals surface area contributed by atoms with E-state index in [4.69, 9.17) is 14.6 Å². The molecule has 0 bridgehead atoms. The van der Waals surface area contributed by atoms with Crippen LogP contribution in [0.5, 0.6) is 5.75 Å². The van der Waals surface area contributed by atoms with Gasteiger partial charge in [0.1, 0.15) is 11.6 Å². The molecule has 2 aromatic rings. The van der Waals surface area contributed by atoms with Gasteiger partial charge in [-0.2, -0.15) is 13.2 Å². The highest BCUT2D eigenvalue weighted by Gasteiger charge is 2.50. The number of alkyl halides is 3. The molecular weight excluding hydrogens is 456 g/mol. The van der Waals surface area contributed by atoms with Gasteiger partial charge < -0.3 is 14.7 Å². The highest BCUT2D eigenvalue weighted by atomic mass is 19.4. The van der Waals surface area contributed by atoms with Gasteiger partial charge in [-0.15, -0.1) is 0 Å². The number of rotatable bonds is 5. The molecule has 10 heteroatoms. The summed E-state index contributed by atoms with van der Waals surface area (Å²) < 4.78 is 50.1.